The fourth-order valence-corrected chi connectivity index (χ4v) is 1.63. The van der Waals surface area contributed by atoms with Gasteiger partial charge in [-0.05, 0) is 27.2 Å². The second-order valence-electron chi connectivity index (χ2n) is 5.73. The summed E-state index contributed by atoms with van der Waals surface area (Å²) in [7, 11) is 0. The lowest BCUT2D eigenvalue weighted by Gasteiger charge is -2.19. The largest absolute Gasteiger partial charge is 0.493 e. The zero-order valence-electron chi connectivity index (χ0n) is 13.3. The Labute approximate surface area is 130 Å². The first kappa shape index (κ1) is 18.2. The molecule has 0 fully saturated rings. The molecule has 1 amide bonds. The van der Waals surface area contributed by atoms with Gasteiger partial charge in [0.15, 0.2) is 0 Å². The Balaban J connectivity index is 2.31. The van der Waals surface area contributed by atoms with Crippen LogP contribution in [0.1, 0.15) is 38.6 Å². The monoisotopic (exact) mass is 312 g/mol. The lowest BCUT2D eigenvalue weighted by molar-refractivity contribution is 0.0525. The van der Waals surface area contributed by atoms with Crippen molar-refractivity contribution in [2.45, 2.75) is 46.0 Å². The van der Waals surface area contributed by atoms with E-state index in [9.17, 15) is 4.79 Å². The van der Waals surface area contributed by atoms with E-state index in [0.29, 0.717) is 36.7 Å². The predicted octanol–water partition coefficient (Wildman–Crippen LogP) is 1.36. The molecule has 0 saturated carbocycles. The van der Waals surface area contributed by atoms with Crippen LogP contribution in [-0.2, 0) is 18.0 Å². The molecule has 0 spiro atoms. The molecule has 0 bridgehead atoms. The van der Waals surface area contributed by atoms with Crippen molar-refractivity contribution in [2.75, 3.05) is 13.2 Å². The van der Waals surface area contributed by atoms with Crippen LogP contribution in [-0.4, -0.2) is 40.0 Å². The maximum Gasteiger partial charge on any atom is 0.407 e. The number of pyridine rings is 1. The molecule has 1 aromatic rings. The van der Waals surface area contributed by atoms with E-state index < -0.39 is 11.7 Å². The van der Waals surface area contributed by atoms with Crippen molar-refractivity contribution in [1.82, 2.24) is 10.3 Å². The molecule has 1 heterocycles. The Morgan fingerprint density at radius 3 is 2.32 bits per heavy atom. The van der Waals surface area contributed by atoms with Crippen molar-refractivity contribution in [3.05, 3.63) is 23.5 Å². The molecule has 1 aromatic heterocycles. The number of nitrogens with zero attached hydrogens (tertiary/aromatic N) is 1. The minimum Gasteiger partial charge on any atom is -0.493 e. The second-order valence-corrected chi connectivity index (χ2v) is 5.73. The number of aromatic nitrogens is 1. The van der Waals surface area contributed by atoms with Crippen LogP contribution in [0, 0.1) is 0 Å². The smallest absolute Gasteiger partial charge is 0.407 e. The van der Waals surface area contributed by atoms with Crippen molar-refractivity contribution in [3.8, 4) is 5.75 Å². The van der Waals surface area contributed by atoms with Crippen LogP contribution in [0.3, 0.4) is 0 Å². The SMILES string of the molecule is CC(C)(C)OC(=O)NCCCOc1cc(CO)nc(CO)c1. The molecule has 124 valence electrons. The highest BCUT2D eigenvalue weighted by Gasteiger charge is 2.15. The van der Waals surface area contributed by atoms with E-state index in [1.807, 2.05) is 0 Å². The highest BCUT2D eigenvalue weighted by molar-refractivity contribution is 5.67. The van der Waals surface area contributed by atoms with Crippen molar-refractivity contribution >= 4 is 6.09 Å². The number of carbonyl (C=O) groups excluding carboxylic acids is 1. The zero-order valence-corrected chi connectivity index (χ0v) is 13.3. The van der Waals surface area contributed by atoms with Gasteiger partial charge in [0.05, 0.1) is 31.2 Å². The molecule has 22 heavy (non-hydrogen) atoms. The molecule has 0 aliphatic carbocycles. The van der Waals surface area contributed by atoms with E-state index in [-0.39, 0.29) is 13.2 Å². The average molecular weight is 312 g/mol. The first-order chi connectivity index (χ1) is 10.3. The van der Waals surface area contributed by atoms with E-state index >= 15 is 0 Å². The average Bonchev–Trinajstić information content (AvgIpc) is 2.44. The lowest BCUT2D eigenvalue weighted by atomic mass is 10.2. The third-order valence-electron chi connectivity index (χ3n) is 2.49. The number of carbonyl (C=O) groups is 1. The van der Waals surface area contributed by atoms with Crippen molar-refractivity contribution in [2.24, 2.45) is 0 Å². The second kappa shape index (κ2) is 8.55. The van der Waals surface area contributed by atoms with Crippen molar-refractivity contribution in [1.29, 1.82) is 0 Å². The van der Waals surface area contributed by atoms with Gasteiger partial charge >= 0.3 is 6.09 Å². The van der Waals surface area contributed by atoms with Gasteiger partial charge < -0.3 is 25.0 Å². The molecule has 0 aromatic carbocycles. The van der Waals surface area contributed by atoms with Crippen LogP contribution < -0.4 is 10.1 Å². The molecule has 0 radical (unpaired) electrons. The number of amides is 1. The summed E-state index contributed by atoms with van der Waals surface area (Å²) < 4.78 is 10.6. The van der Waals surface area contributed by atoms with Gasteiger partial charge in [0, 0.05) is 18.7 Å². The van der Waals surface area contributed by atoms with Gasteiger partial charge in [-0.1, -0.05) is 0 Å². The zero-order chi connectivity index (χ0) is 16.6. The van der Waals surface area contributed by atoms with E-state index in [4.69, 9.17) is 19.7 Å². The van der Waals surface area contributed by atoms with Gasteiger partial charge in [0.1, 0.15) is 11.4 Å². The first-order valence-corrected chi connectivity index (χ1v) is 7.15. The number of alkyl carbamates (subject to hydrolysis) is 1. The molecule has 0 saturated heterocycles. The van der Waals surface area contributed by atoms with Crippen LogP contribution in [0.4, 0.5) is 4.79 Å². The number of nitrogens with one attached hydrogen (secondary N) is 1. The number of hydrogen-bond acceptors (Lipinski definition) is 6. The van der Waals surface area contributed by atoms with E-state index in [1.165, 1.54) is 0 Å². The van der Waals surface area contributed by atoms with Gasteiger partial charge in [-0.25, -0.2) is 4.79 Å². The maximum atomic E-state index is 11.4. The van der Waals surface area contributed by atoms with Crippen LogP contribution in [0.5, 0.6) is 5.75 Å². The third kappa shape index (κ3) is 7.24. The molecule has 3 N–H and O–H groups in total. The molecule has 0 atom stereocenters. The van der Waals surface area contributed by atoms with Crippen LogP contribution in [0.15, 0.2) is 12.1 Å². The molecule has 0 aliphatic heterocycles. The third-order valence-corrected chi connectivity index (χ3v) is 2.49. The fourth-order valence-electron chi connectivity index (χ4n) is 1.63. The van der Waals surface area contributed by atoms with Crippen molar-refractivity contribution in [3.63, 3.8) is 0 Å². The summed E-state index contributed by atoms with van der Waals surface area (Å²) in [6.45, 7) is 5.79. The summed E-state index contributed by atoms with van der Waals surface area (Å²) in [4.78, 5) is 15.4. The standard InChI is InChI=1S/C15H24N2O5/c1-15(2,3)22-14(20)16-5-4-6-21-13-7-11(9-18)17-12(8-13)10-19/h7-8,18-19H,4-6,9-10H2,1-3H3,(H,16,20). The highest BCUT2D eigenvalue weighted by Crippen LogP contribution is 2.15. The normalized spacial score (nSPS) is 11.1. The summed E-state index contributed by atoms with van der Waals surface area (Å²) in [5.74, 6) is 0.528. The fraction of sp³-hybridized carbons (Fsp3) is 0.600. The van der Waals surface area contributed by atoms with E-state index in [0.717, 1.165) is 0 Å². The summed E-state index contributed by atoms with van der Waals surface area (Å²) >= 11 is 0. The lowest BCUT2D eigenvalue weighted by Crippen LogP contribution is -2.33. The number of aliphatic hydroxyl groups excluding tert-OH is 2. The highest BCUT2D eigenvalue weighted by atomic mass is 16.6. The first-order valence-electron chi connectivity index (χ1n) is 7.15. The number of hydrogen-bond donors (Lipinski definition) is 3. The maximum absolute atomic E-state index is 11.4. The molecule has 0 unspecified atom stereocenters. The Hall–Kier alpha value is -1.86. The topological polar surface area (TPSA) is 101 Å². The number of aliphatic hydroxyl groups is 2. The van der Waals surface area contributed by atoms with E-state index in [1.54, 1.807) is 32.9 Å². The van der Waals surface area contributed by atoms with Crippen LogP contribution in [0.2, 0.25) is 0 Å². The molecular formula is C15H24N2O5. The molecule has 7 heteroatoms. The van der Waals surface area contributed by atoms with Gasteiger partial charge in [0.25, 0.3) is 0 Å². The van der Waals surface area contributed by atoms with E-state index in [2.05, 4.69) is 10.3 Å². The summed E-state index contributed by atoms with van der Waals surface area (Å²) in [5, 5.41) is 20.8. The summed E-state index contributed by atoms with van der Waals surface area (Å²) in [6.07, 6.45) is 0.145. The predicted molar refractivity (Wildman–Crippen MR) is 80.4 cm³/mol. The van der Waals surface area contributed by atoms with Gasteiger partial charge in [-0.3, -0.25) is 4.98 Å². The van der Waals surface area contributed by atoms with Gasteiger partial charge in [0.2, 0.25) is 0 Å². The molecule has 7 nitrogen and oxygen atoms in total. The van der Waals surface area contributed by atoms with Crippen LogP contribution >= 0.6 is 0 Å². The Morgan fingerprint density at radius 2 is 1.82 bits per heavy atom. The number of rotatable bonds is 7. The summed E-state index contributed by atoms with van der Waals surface area (Å²) in [6, 6.07) is 3.22. The quantitative estimate of drug-likeness (QED) is 0.657. The molecule has 0 aliphatic rings. The number of ether oxygens (including phenoxy) is 2. The van der Waals surface area contributed by atoms with Crippen LogP contribution in [0.25, 0.3) is 0 Å². The summed E-state index contributed by atoms with van der Waals surface area (Å²) in [5.41, 5.74) is 0.362. The minimum atomic E-state index is -0.515. The molecule has 1 rings (SSSR count). The van der Waals surface area contributed by atoms with Gasteiger partial charge in [-0.15, -0.1) is 0 Å². The Bertz CT molecular complexity index is 463. The Kier molecular flexibility index (Phi) is 7.07. The van der Waals surface area contributed by atoms with Crippen molar-refractivity contribution < 1.29 is 24.5 Å². The minimum absolute atomic E-state index is 0.218. The molecular weight excluding hydrogens is 288 g/mol. The Morgan fingerprint density at radius 1 is 1.23 bits per heavy atom. The van der Waals surface area contributed by atoms with Gasteiger partial charge in [-0.2, -0.15) is 0 Å².